The van der Waals surface area contributed by atoms with Crippen molar-refractivity contribution in [2.75, 3.05) is 26.2 Å². The second-order valence-corrected chi connectivity index (χ2v) is 4.01. The van der Waals surface area contributed by atoms with Crippen LogP contribution in [0.15, 0.2) is 0 Å². The van der Waals surface area contributed by atoms with Crippen molar-refractivity contribution in [1.29, 1.82) is 0 Å². The molecule has 0 aromatic carbocycles. The summed E-state index contributed by atoms with van der Waals surface area (Å²) < 4.78 is 0. The van der Waals surface area contributed by atoms with Crippen molar-refractivity contribution < 1.29 is 4.79 Å². The fourth-order valence-electron chi connectivity index (χ4n) is 1.98. The summed E-state index contributed by atoms with van der Waals surface area (Å²) in [5.74, 6) is 3.16. The van der Waals surface area contributed by atoms with Gasteiger partial charge in [-0.15, -0.1) is 6.42 Å². The largest absolute Gasteiger partial charge is 0.342 e. The predicted octanol–water partition coefficient (Wildman–Crippen LogP) is 0.858. The lowest BCUT2D eigenvalue weighted by Gasteiger charge is -2.29. The van der Waals surface area contributed by atoms with Crippen molar-refractivity contribution >= 4 is 5.91 Å². The Morgan fingerprint density at radius 1 is 1.53 bits per heavy atom. The summed E-state index contributed by atoms with van der Waals surface area (Å²) in [6.07, 6.45) is 7.72. The second kappa shape index (κ2) is 6.47. The molecule has 1 heterocycles. The number of nitrogens with zero attached hydrogens (tertiary/aromatic N) is 1. The summed E-state index contributed by atoms with van der Waals surface area (Å²) in [7, 11) is 0. The van der Waals surface area contributed by atoms with E-state index < -0.39 is 0 Å². The lowest BCUT2D eigenvalue weighted by Crippen LogP contribution is -2.39. The molecule has 1 aliphatic rings. The first kappa shape index (κ1) is 12.1. The van der Waals surface area contributed by atoms with E-state index in [1.54, 1.807) is 0 Å². The van der Waals surface area contributed by atoms with Crippen molar-refractivity contribution in [3.8, 4) is 12.3 Å². The van der Waals surface area contributed by atoms with Crippen LogP contribution in [0.4, 0.5) is 0 Å². The van der Waals surface area contributed by atoms with E-state index in [-0.39, 0.29) is 12.3 Å². The Bertz CT molecular complexity index is 238. The molecule has 3 heteroatoms. The van der Waals surface area contributed by atoms with Gasteiger partial charge < -0.3 is 10.2 Å². The van der Waals surface area contributed by atoms with Gasteiger partial charge in [-0.1, -0.05) is 5.92 Å². The van der Waals surface area contributed by atoms with Crippen LogP contribution in [0.2, 0.25) is 0 Å². The van der Waals surface area contributed by atoms with Crippen molar-refractivity contribution in [1.82, 2.24) is 10.2 Å². The van der Waals surface area contributed by atoms with Gasteiger partial charge in [0, 0.05) is 13.1 Å². The first-order valence-corrected chi connectivity index (χ1v) is 5.69. The highest BCUT2D eigenvalue weighted by atomic mass is 16.2. The van der Waals surface area contributed by atoms with E-state index in [2.05, 4.69) is 11.2 Å². The van der Waals surface area contributed by atoms with Crippen molar-refractivity contribution in [3.63, 3.8) is 0 Å². The molecule has 1 fully saturated rings. The highest BCUT2D eigenvalue weighted by Crippen LogP contribution is 2.13. The Labute approximate surface area is 92.2 Å². The number of carbonyl (C=O) groups is 1. The first-order valence-electron chi connectivity index (χ1n) is 5.69. The normalized spacial score (nSPS) is 17.1. The highest BCUT2D eigenvalue weighted by Gasteiger charge is 2.18. The van der Waals surface area contributed by atoms with Gasteiger partial charge in [0.25, 0.3) is 0 Å². The summed E-state index contributed by atoms with van der Waals surface area (Å²) in [4.78, 5) is 13.5. The molecule has 0 aromatic heterocycles. The van der Waals surface area contributed by atoms with Gasteiger partial charge in [0.15, 0.2) is 0 Å². The number of carbonyl (C=O) groups excluding carboxylic acids is 1. The smallest absolute Gasteiger partial charge is 0.234 e. The van der Waals surface area contributed by atoms with E-state index in [0.29, 0.717) is 5.92 Å². The van der Waals surface area contributed by atoms with E-state index in [4.69, 9.17) is 6.42 Å². The molecule has 0 atom stereocenters. The molecule has 0 radical (unpaired) electrons. The van der Waals surface area contributed by atoms with Crippen molar-refractivity contribution in [3.05, 3.63) is 0 Å². The summed E-state index contributed by atoms with van der Waals surface area (Å²) in [5, 5.41) is 3.32. The van der Waals surface area contributed by atoms with Crippen LogP contribution in [0.25, 0.3) is 0 Å². The molecular weight excluding hydrogens is 188 g/mol. The molecule has 0 saturated carbocycles. The van der Waals surface area contributed by atoms with Crippen molar-refractivity contribution in [2.45, 2.75) is 26.2 Å². The SMILES string of the molecule is C#CCC(=O)N(CC)CC1CCNCC1. The van der Waals surface area contributed by atoms with Gasteiger partial charge in [0.05, 0.1) is 6.42 Å². The van der Waals surface area contributed by atoms with Crippen LogP contribution in [-0.2, 0) is 4.79 Å². The Morgan fingerprint density at radius 3 is 2.73 bits per heavy atom. The average molecular weight is 208 g/mol. The minimum Gasteiger partial charge on any atom is -0.342 e. The zero-order chi connectivity index (χ0) is 11.1. The van der Waals surface area contributed by atoms with Gasteiger partial charge in [-0.25, -0.2) is 0 Å². The van der Waals surface area contributed by atoms with Crippen LogP contribution >= 0.6 is 0 Å². The third-order valence-electron chi connectivity index (χ3n) is 2.93. The molecule has 1 aliphatic heterocycles. The standard InChI is InChI=1S/C12H20N2O/c1-3-5-12(15)14(4-2)10-11-6-8-13-9-7-11/h1,11,13H,4-10H2,2H3. The molecule has 0 aliphatic carbocycles. The molecule has 0 aromatic rings. The second-order valence-electron chi connectivity index (χ2n) is 4.01. The summed E-state index contributed by atoms with van der Waals surface area (Å²) >= 11 is 0. The lowest BCUT2D eigenvalue weighted by molar-refractivity contribution is -0.130. The number of rotatable bonds is 4. The fourth-order valence-corrected chi connectivity index (χ4v) is 1.98. The van der Waals surface area contributed by atoms with Crippen LogP contribution < -0.4 is 5.32 Å². The zero-order valence-corrected chi connectivity index (χ0v) is 9.46. The number of amides is 1. The third-order valence-corrected chi connectivity index (χ3v) is 2.93. The molecule has 15 heavy (non-hydrogen) atoms. The molecule has 0 spiro atoms. The lowest BCUT2D eigenvalue weighted by atomic mass is 9.97. The highest BCUT2D eigenvalue weighted by molar-refractivity contribution is 5.78. The maximum atomic E-state index is 11.6. The van der Waals surface area contributed by atoms with E-state index in [0.717, 1.165) is 26.2 Å². The Hall–Kier alpha value is -1.01. The zero-order valence-electron chi connectivity index (χ0n) is 9.46. The molecule has 84 valence electrons. The van der Waals surface area contributed by atoms with Gasteiger partial charge in [-0.2, -0.15) is 0 Å². The monoisotopic (exact) mass is 208 g/mol. The quantitative estimate of drug-likeness (QED) is 0.695. The summed E-state index contributed by atoms with van der Waals surface area (Å²) in [5.41, 5.74) is 0. The van der Waals surface area contributed by atoms with Crippen molar-refractivity contribution in [2.24, 2.45) is 5.92 Å². The Balaban J connectivity index is 2.38. The Morgan fingerprint density at radius 2 is 2.20 bits per heavy atom. The maximum Gasteiger partial charge on any atom is 0.234 e. The Kier molecular flexibility index (Phi) is 5.20. The minimum atomic E-state index is 0.0959. The van der Waals surface area contributed by atoms with E-state index >= 15 is 0 Å². The molecular formula is C12H20N2O. The van der Waals surface area contributed by atoms with Crippen LogP contribution in [0.1, 0.15) is 26.2 Å². The van der Waals surface area contributed by atoms with Gasteiger partial charge in [0.1, 0.15) is 0 Å². The first-order chi connectivity index (χ1) is 7.27. The van der Waals surface area contributed by atoms with Gasteiger partial charge in [-0.05, 0) is 38.8 Å². The molecule has 0 bridgehead atoms. The number of nitrogens with one attached hydrogen (secondary N) is 1. The number of terminal acetylenes is 1. The van der Waals surface area contributed by atoms with Gasteiger partial charge in [0.2, 0.25) is 5.91 Å². The van der Waals surface area contributed by atoms with Crippen LogP contribution in [0.3, 0.4) is 0 Å². The number of hydrogen-bond acceptors (Lipinski definition) is 2. The number of piperidine rings is 1. The summed E-state index contributed by atoms with van der Waals surface area (Å²) in [6.45, 7) is 5.80. The molecule has 0 unspecified atom stereocenters. The molecule has 1 saturated heterocycles. The van der Waals surface area contributed by atoms with Crippen LogP contribution in [0.5, 0.6) is 0 Å². The van der Waals surface area contributed by atoms with E-state index in [1.807, 2.05) is 11.8 Å². The summed E-state index contributed by atoms with van der Waals surface area (Å²) in [6, 6.07) is 0. The van der Waals surface area contributed by atoms with E-state index in [9.17, 15) is 4.79 Å². The molecule has 1 rings (SSSR count). The maximum absolute atomic E-state index is 11.6. The van der Waals surface area contributed by atoms with E-state index in [1.165, 1.54) is 12.8 Å². The average Bonchev–Trinajstić information content (AvgIpc) is 2.27. The van der Waals surface area contributed by atoms with Crippen LogP contribution in [-0.4, -0.2) is 37.0 Å². The number of hydrogen-bond donors (Lipinski definition) is 1. The molecule has 1 amide bonds. The molecule has 1 N–H and O–H groups in total. The van der Waals surface area contributed by atoms with Gasteiger partial charge >= 0.3 is 0 Å². The van der Waals surface area contributed by atoms with Gasteiger partial charge in [-0.3, -0.25) is 4.79 Å². The molecule has 3 nitrogen and oxygen atoms in total. The topological polar surface area (TPSA) is 32.3 Å². The minimum absolute atomic E-state index is 0.0959. The third kappa shape index (κ3) is 3.93. The predicted molar refractivity (Wildman–Crippen MR) is 61.3 cm³/mol. The van der Waals surface area contributed by atoms with Crippen LogP contribution in [0, 0.1) is 18.3 Å². The fraction of sp³-hybridized carbons (Fsp3) is 0.750.